The Labute approximate surface area is 155 Å². The summed E-state index contributed by atoms with van der Waals surface area (Å²) >= 11 is 1.47. The van der Waals surface area contributed by atoms with Crippen LogP contribution in [0.2, 0.25) is 0 Å². The van der Waals surface area contributed by atoms with Crippen molar-refractivity contribution in [3.63, 3.8) is 0 Å². The van der Waals surface area contributed by atoms with Crippen molar-refractivity contribution in [1.82, 2.24) is 4.98 Å². The van der Waals surface area contributed by atoms with Crippen molar-refractivity contribution in [3.8, 4) is 10.4 Å². The first-order valence-electron chi connectivity index (χ1n) is 8.23. The van der Waals surface area contributed by atoms with Crippen molar-refractivity contribution in [2.24, 2.45) is 0 Å². The molecule has 1 amide bonds. The van der Waals surface area contributed by atoms with Crippen LogP contribution in [-0.4, -0.2) is 10.9 Å². The Bertz CT molecular complexity index is 993. The molecule has 2 aromatic heterocycles. The first-order valence-corrected chi connectivity index (χ1v) is 9.05. The fraction of sp³-hybridized carbons (Fsp3) is 0.0476. The third kappa shape index (κ3) is 3.58. The van der Waals surface area contributed by atoms with E-state index in [9.17, 15) is 4.79 Å². The van der Waals surface area contributed by atoms with Crippen LogP contribution in [0, 0.1) is 0 Å². The number of carbonyl (C=O) groups is 1. The van der Waals surface area contributed by atoms with E-state index in [-0.39, 0.29) is 11.7 Å². The molecule has 0 radical (unpaired) electrons. The predicted molar refractivity (Wildman–Crippen MR) is 103 cm³/mol. The number of nitrogens with one attached hydrogen (secondary N) is 1. The number of benzene rings is 2. The van der Waals surface area contributed by atoms with Crippen molar-refractivity contribution in [1.29, 1.82) is 0 Å². The number of aromatic nitrogens is 1. The number of furan rings is 1. The highest BCUT2D eigenvalue weighted by atomic mass is 32.1. The van der Waals surface area contributed by atoms with Gasteiger partial charge >= 0.3 is 0 Å². The largest absolute Gasteiger partial charge is 0.459 e. The van der Waals surface area contributed by atoms with Gasteiger partial charge in [0.15, 0.2) is 10.9 Å². The molecule has 5 heteroatoms. The minimum absolute atomic E-state index is 0.270. The summed E-state index contributed by atoms with van der Waals surface area (Å²) in [6.07, 6.45) is 2.19. The molecule has 0 fully saturated rings. The van der Waals surface area contributed by atoms with Gasteiger partial charge in [0.2, 0.25) is 0 Å². The van der Waals surface area contributed by atoms with E-state index >= 15 is 0 Å². The van der Waals surface area contributed by atoms with Gasteiger partial charge < -0.3 is 4.42 Å². The average Bonchev–Trinajstić information content (AvgIpc) is 3.34. The van der Waals surface area contributed by atoms with Gasteiger partial charge in [-0.25, -0.2) is 4.98 Å². The van der Waals surface area contributed by atoms with Gasteiger partial charge in [0.1, 0.15) is 0 Å². The molecule has 0 saturated heterocycles. The maximum absolute atomic E-state index is 12.3. The second-order valence-electron chi connectivity index (χ2n) is 5.75. The number of rotatable bonds is 5. The number of thiazole rings is 1. The minimum atomic E-state index is -0.297. The van der Waals surface area contributed by atoms with E-state index in [2.05, 4.69) is 34.6 Å². The summed E-state index contributed by atoms with van der Waals surface area (Å²) in [5.74, 6) is -0.0271. The quantitative estimate of drug-likeness (QED) is 0.529. The van der Waals surface area contributed by atoms with Crippen LogP contribution >= 0.6 is 11.3 Å². The topological polar surface area (TPSA) is 55.1 Å². The van der Waals surface area contributed by atoms with Gasteiger partial charge in [-0.05, 0) is 23.3 Å². The zero-order valence-electron chi connectivity index (χ0n) is 13.9. The number of hydrogen-bond donors (Lipinski definition) is 1. The third-order valence-corrected chi connectivity index (χ3v) is 4.98. The van der Waals surface area contributed by atoms with Gasteiger partial charge in [0.05, 0.1) is 16.8 Å². The normalized spacial score (nSPS) is 10.6. The zero-order chi connectivity index (χ0) is 17.8. The summed E-state index contributed by atoms with van der Waals surface area (Å²) in [7, 11) is 0. The molecule has 0 aliphatic rings. The molecule has 2 heterocycles. The summed E-state index contributed by atoms with van der Waals surface area (Å²) in [4.78, 5) is 18.0. The maximum Gasteiger partial charge on any atom is 0.293 e. The van der Waals surface area contributed by atoms with E-state index in [0.29, 0.717) is 11.6 Å². The first-order chi connectivity index (χ1) is 12.8. The fourth-order valence-corrected chi connectivity index (χ4v) is 3.68. The van der Waals surface area contributed by atoms with Gasteiger partial charge in [-0.3, -0.25) is 10.1 Å². The molecular weight excluding hydrogens is 344 g/mol. The maximum atomic E-state index is 12.3. The first kappa shape index (κ1) is 16.3. The highest BCUT2D eigenvalue weighted by Crippen LogP contribution is 2.34. The molecule has 0 spiro atoms. The summed E-state index contributed by atoms with van der Waals surface area (Å²) in [5, 5.41) is 3.40. The van der Waals surface area contributed by atoms with Gasteiger partial charge in [-0.15, -0.1) is 0 Å². The van der Waals surface area contributed by atoms with E-state index in [0.717, 1.165) is 16.1 Å². The molecule has 0 bridgehead atoms. The highest BCUT2D eigenvalue weighted by molar-refractivity contribution is 7.19. The number of carbonyl (C=O) groups excluding carboxylic acids is 1. The molecule has 0 atom stereocenters. The van der Waals surface area contributed by atoms with Crippen LogP contribution < -0.4 is 5.32 Å². The Hall–Kier alpha value is -3.18. The Morgan fingerprint density at radius 1 is 0.962 bits per heavy atom. The number of anilines is 1. The van der Waals surface area contributed by atoms with E-state index in [1.54, 1.807) is 12.1 Å². The van der Waals surface area contributed by atoms with Gasteiger partial charge in [-0.1, -0.05) is 72.0 Å². The van der Waals surface area contributed by atoms with Crippen LogP contribution in [-0.2, 0) is 6.42 Å². The Morgan fingerprint density at radius 2 is 1.69 bits per heavy atom. The van der Waals surface area contributed by atoms with Crippen LogP contribution in [0.3, 0.4) is 0 Å². The molecule has 26 heavy (non-hydrogen) atoms. The third-order valence-electron chi connectivity index (χ3n) is 3.91. The Morgan fingerprint density at radius 3 is 2.38 bits per heavy atom. The van der Waals surface area contributed by atoms with E-state index in [1.165, 1.54) is 23.2 Å². The molecule has 0 aliphatic carbocycles. The summed E-state index contributed by atoms with van der Waals surface area (Å²) in [6.45, 7) is 0. The Balaban J connectivity index is 1.67. The predicted octanol–water partition coefficient (Wildman–Crippen LogP) is 5.25. The number of nitrogens with zero attached hydrogens (tertiary/aromatic N) is 1. The molecule has 4 rings (SSSR count). The lowest BCUT2D eigenvalue weighted by Gasteiger charge is -2.02. The second kappa shape index (κ2) is 7.37. The lowest BCUT2D eigenvalue weighted by Crippen LogP contribution is -2.10. The minimum Gasteiger partial charge on any atom is -0.459 e. The van der Waals surface area contributed by atoms with Gasteiger partial charge in [0.25, 0.3) is 5.91 Å². The van der Waals surface area contributed by atoms with E-state index < -0.39 is 0 Å². The molecule has 0 saturated carbocycles. The number of amides is 1. The molecule has 4 aromatic rings. The van der Waals surface area contributed by atoms with Crippen molar-refractivity contribution >= 4 is 22.4 Å². The van der Waals surface area contributed by atoms with Crippen LogP contribution in [0.4, 0.5) is 5.13 Å². The van der Waals surface area contributed by atoms with Crippen LogP contribution in [0.25, 0.3) is 10.4 Å². The smallest absolute Gasteiger partial charge is 0.293 e. The van der Waals surface area contributed by atoms with Crippen molar-refractivity contribution in [3.05, 3.63) is 96.1 Å². The SMILES string of the molecule is O=C(Nc1nc(Cc2ccccc2)c(-c2ccccc2)s1)c1ccco1. The van der Waals surface area contributed by atoms with Gasteiger partial charge in [-0.2, -0.15) is 0 Å². The molecule has 0 unspecified atom stereocenters. The highest BCUT2D eigenvalue weighted by Gasteiger charge is 2.17. The van der Waals surface area contributed by atoms with Crippen molar-refractivity contribution in [2.45, 2.75) is 6.42 Å². The summed E-state index contributed by atoms with van der Waals surface area (Å²) in [5.41, 5.74) is 3.22. The molecule has 2 aromatic carbocycles. The second-order valence-corrected chi connectivity index (χ2v) is 6.75. The monoisotopic (exact) mass is 360 g/mol. The van der Waals surface area contributed by atoms with Crippen molar-refractivity contribution in [2.75, 3.05) is 5.32 Å². The lowest BCUT2D eigenvalue weighted by molar-refractivity contribution is 0.0996. The van der Waals surface area contributed by atoms with Crippen LogP contribution in [0.1, 0.15) is 21.8 Å². The molecule has 128 valence electrons. The fourth-order valence-electron chi connectivity index (χ4n) is 2.70. The molecule has 1 N–H and O–H groups in total. The van der Waals surface area contributed by atoms with E-state index in [1.807, 2.05) is 36.4 Å². The van der Waals surface area contributed by atoms with Crippen LogP contribution in [0.15, 0.2) is 83.5 Å². The summed E-state index contributed by atoms with van der Waals surface area (Å²) in [6, 6.07) is 23.6. The average molecular weight is 360 g/mol. The van der Waals surface area contributed by atoms with E-state index in [4.69, 9.17) is 4.42 Å². The molecular formula is C21H16N2O2S. The molecule has 4 nitrogen and oxygen atoms in total. The number of hydrogen-bond acceptors (Lipinski definition) is 4. The van der Waals surface area contributed by atoms with Crippen LogP contribution in [0.5, 0.6) is 0 Å². The summed E-state index contributed by atoms with van der Waals surface area (Å²) < 4.78 is 5.15. The van der Waals surface area contributed by atoms with Gasteiger partial charge in [0, 0.05) is 6.42 Å². The zero-order valence-corrected chi connectivity index (χ0v) is 14.7. The van der Waals surface area contributed by atoms with Crippen molar-refractivity contribution < 1.29 is 9.21 Å². The molecule has 0 aliphatic heterocycles. The Kier molecular flexibility index (Phi) is 4.62. The lowest BCUT2D eigenvalue weighted by atomic mass is 10.1. The standard InChI is InChI=1S/C21H16N2O2S/c24-20(18-12-7-13-25-18)23-21-22-17(14-15-8-3-1-4-9-15)19(26-21)16-10-5-2-6-11-16/h1-13H,14H2,(H,22,23,24).